The predicted octanol–water partition coefficient (Wildman–Crippen LogP) is -0.671. The van der Waals surface area contributed by atoms with Gasteiger partial charge in [0.25, 0.3) is 0 Å². The topological polar surface area (TPSA) is 69.9 Å². The van der Waals surface area contributed by atoms with Gasteiger partial charge >= 0.3 is 0 Å². The normalized spacial score (nSPS) is 49.2. The van der Waals surface area contributed by atoms with Gasteiger partial charge < -0.3 is 20.1 Å². The zero-order valence-electron chi connectivity index (χ0n) is 7.34. The van der Waals surface area contributed by atoms with Crippen molar-refractivity contribution in [2.75, 3.05) is 6.61 Å². The van der Waals surface area contributed by atoms with E-state index in [0.717, 1.165) is 0 Å². The largest absolute Gasteiger partial charge is 0.394 e. The van der Waals surface area contributed by atoms with Gasteiger partial charge in [0.15, 0.2) is 6.29 Å². The molecule has 4 heteroatoms. The van der Waals surface area contributed by atoms with Crippen LogP contribution in [0.3, 0.4) is 0 Å². The molecule has 1 unspecified atom stereocenters. The van der Waals surface area contributed by atoms with Gasteiger partial charge in [-0.15, -0.1) is 0 Å². The summed E-state index contributed by atoms with van der Waals surface area (Å²) in [6.07, 6.45) is -2.21. The lowest BCUT2D eigenvalue weighted by Gasteiger charge is -2.39. The van der Waals surface area contributed by atoms with E-state index in [4.69, 9.17) is 9.84 Å². The molecule has 1 aliphatic rings. The maximum atomic E-state index is 9.53. The van der Waals surface area contributed by atoms with E-state index in [-0.39, 0.29) is 18.4 Å². The molecule has 0 aromatic rings. The van der Waals surface area contributed by atoms with Gasteiger partial charge in [0.05, 0.1) is 12.7 Å². The molecule has 0 radical (unpaired) electrons. The van der Waals surface area contributed by atoms with E-state index in [1.807, 2.05) is 13.8 Å². The van der Waals surface area contributed by atoms with Crippen LogP contribution in [-0.2, 0) is 4.74 Å². The molecule has 4 nitrogen and oxygen atoms in total. The van der Waals surface area contributed by atoms with Crippen LogP contribution in [0.15, 0.2) is 0 Å². The zero-order chi connectivity index (χ0) is 9.30. The third-order valence-electron chi connectivity index (χ3n) is 2.69. The van der Waals surface area contributed by atoms with Crippen molar-refractivity contribution in [2.24, 2.45) is 11.8 Å². The first-order valence-corrected chi connectivity index (χ1v) is 4.20. The van der Waals surface area contributed by atoms with Crippen molar-refractivity contribution in [3.63, 3.8) is 0 Å². The summed E-state index contributed by atoms with van der Waals surface area (Å²) in [5, 5.41) is 27.6. The molecule has 72 valence electrons. The van der Waals surface area contributed by atoms with E-state index < -0.39 is 18.5 Å². The van der Waals surface area contributed by atoms with Crippen LogP contribution < -0.4 is 0 Å². The molecular formula is C8H16O4. The van der Waals surface area contributed by atoms with Gasteiger partial charge in [-0.05, 0) is 5.92 Å². The molecule has 1 heterocycles. The molecule has 0 aromatic heterocycles. The Kier molecular flexibility index (Phi) is 3.06. The Hall–Kier alpha value is -0.160. The molecule has 0 amide bonds. The molecule has 12 heavy (non-hydrogen) atoms. The second kappa shape index (κ2) is 3.70. The standard InChI is InChI=1S/C8H16O4/c1-4-5(2)8(11)12-6(3-9)7(4)10/h4-11H,3H2,1-2H3/t4-,5+,6+,7+,8?/m0/s1. The molecule has 0 aliphatic carbocycles. The van der Waals surface area contributed by atoms with Crippen molar-refractivity contribution in [1.29, 1.82) is 0 Å². The first kappa shape index (κ1) is 9.92. The molecular weight excluding hydrogens is 160 g/mol. The Morgan fingerprint density at radius 2 is 1.75 bits per heavy atom. The van der Waals surface area contributed by atoms with E-state index in [9.17, 15) is 10.2 Å². The van der Waals surface area contributed by atoms with E-state index in [1.165, 1.54) is 0 Å². The summed E-state index contributed by atoms with van der Waals surface area (Å²) in [6.45, 7) is 3.39. The third-order valence-corrected chi connectivity index (χ3v) is 2.69. The second-order valence-electron chi connectivity index (χ2n) is 3.46. The summed E-state index contributed by atoms with van der Waals surface area (Å²) in [5.74, 6) is -0.145. The molecule has 0 spiro atoms. The molecule has 0 aromatic carbocycles. The lowest BCUT2D eigenvalue weighted by Crippen LogP contribution is -2.50. The zero-order valence-corrected chi connectivity index (χ0v) is 7.34. The number of aliphatic hydroxyl groups is 3. The van der Waals surface area contributed by atoms with E-state index in [0.29, 0.717) is 0 Å². The average Bonchev–Trinajstić information content (AvgIpc) is 2.08. The van der Waals surface area contributed by atoms with Crippen molar-refractivity contribution >= 4 is 0 Å². The highest BCUT2D eigenvalue weighted by Gasteiger charge is 2.39. The number of ether oxygens (including phenoxy) is 1. The van der Waals surface area contributed by atoms with Crippen molar-refractivity contribution < 1.29 is 20.1 Å². The third kappa shape index (κ3) is 1.61. The van der Waals surface area contributed by atoms with Crippen LogP contribution in [0, 0.1) is 11.8 Å². The van der Waals surface area contributed by atoms with E-state index in [1.54, 1.807) is 0 Å². The van der Waals surface area contributed by atoms with Crippen LogP contribution in [0.2, 0.25) is 0 Å². The minimum absolute atomic E-state index is 0.0501. The number of rotatable bonds is 1. The number of hydrogen-bond donors (Lipinski definition) is 3. The SMILES string of the molecule is C[C@@H]1[C@@H](O)[C@@H](CO)OC(O)[C@@H]1C. The summed E-state index contributed by atoms with van der Waals surface area (Å²) >= 11 is 0. The van der Waals surface area contributed by atoms with Crippen LogP contribution in [0.4, 0.5) is 0 Å². The Morgan fingerprint density at radius 3 is 2.25 bits per heavy atom. The molecule has 5 atom stereocenters. The van der Waals surface area contributed by atoms with Gasteiger partial charge in [-0.3, -0.25) is 0 Å². The molecule has 1 aliphatic heterocycles. The predicted molar refractivity (Wildman–Crippen MR) is 42.3 cm³/mol. The second-order valence-corrected chi connectivity index (χ2v) is 3.46. The highest BCUT2D eigenvalue weighted by molar-refractivity contribution is 4.83. The van der Waals surface area contributed by atoms with Gasteiger partial charge in [-0.1, -0.05) is 13.8 Å². The van der Waals surface area contributed by atoms with Crippen LogP contribution >= 0.6 is 0 Å². The lowest BCUT2D eigenvalue weighted by atomic mass is 9.85. The van der Waals surface area contributed by atoms with Crippen molar-refractivity contribution in [2.45, 2.75) is 32.3 Å². The fraction of sp³-hybridized carbons (Fsp3) is 1.00. The lowest BCUT2D eigenvalue weighted by molar-refractivity contribution is -0.249. The van der Waals surface area contributed by atoms with Crippen LogP contribution in [0.25, 0.3) is 0 Å². The monoisotopic (exact) mass is 176 g/mol. The Bertz CT molecular complexity index is 145. The Morgan fingerprint density at radius 1 is 1.17 bits per heavy atom. The smallest absolute Gasteiger partial charge is 0.158 e. The molecule has 0 saturated carbocycles. The molecule has 0 bridgehead atoms. The van der Waals surface area contributed by atoms with Crippen molar-refractivity contribution in [3.05, 3.63) is 0 Å². The summed E-state index contributed by atoms with van der Waals surface area (Å²) in [7, 11) is 0. The minimum Gasteiger partial charge on any atom is -0.394 e. The van der Waals surface area contributed by atoms with Gasteiger partial charge in [-0.2, -0.15) is 0 Å². The highest BCUT2D eigenvalue weighted by Crippen LogP contribution is 2.28. The van der Waals surface area contributed by atoms with Crippen molar-refractivity contribution in [3.8, 4) is 0 Å². The van der Waals surface area contributed by atoms with Gasteiger partial charge in [-0.25, -0.2) is 0 Å². The van der Waals surface area contributed by atoms with E-state index >= 15 is 0 Å². The Balaban J connectivity index is 2.63. The number of hydrogen-bond acceptors (Lipinski definition) is 4. The van der Waals surface area contributed by atoms with Crippen LogP contribution in [0.1, 0.15) is 13.8 Å². The molecule has 3 N–H and O–H groups in total. The van der Waals surface area contributed by atoms with Crippen LogP contribution in [0.5, 0.6) is 0 Å². The maximum absolute atomic E-state index is 9.53. The quantitative estimate of drug-likeness (QED) is 0.495. The van der Waals surface area contributed by atoms with Gasteiger partial charge in [0.1, 0.15) is 6.10 Å². The first-order chi connectivity index (χ1) is 5.57. The average molecular weight is 176 g/mol. The minimum atomic E-state index is -0.874. The summed E-state index contributed by atoms with van der Waals surface area (Å²) in [4.78, 5) is 0. The van der Waals surface area contributed by atoms with Gasteiger partial charge in [0, 0.05) is 5.92 Å². The first-order valence-electron chi connectivity index (χ1n) is 4.20. The molecule has 1 saturated heterocycles. The fourth-order valence-electron chi connectivity index (χ4n) is 1.44. The summed E-state index contributed by atoms with van der Waals surface area (Å²) < 4.78 is 4.99. The van der Waals surface area contributed by atoms with Crippen molar-refractivity contribution in [1.82, 2.24) is 0 Å². The van der Waals surface area contributed by atoms with Crippen LogP contribution in [-0.4, -0.2) is 40.4 Å². The maximum Gasteiger partial charge on any atom is 0.158 e. The summed E-state index contributed by atoms with van der Waals surface area (Å²) in [6, 6.07) is 0. The fourth-order valence-corrected chi connectivity index (χ4v) is 1.44. The summed E-state index contributed by atoms with van der Waals surface area (Å²) in [5.41, 5.74) is 0. The molecule has 1 fully saturated rings. The Labute approximate surface area is 71.8 Å². The van der Waals surface area contributed by atoms with Gasteiger partial charge in [0.2, 0.25) is 0 Å². The molecule has 1 rings (SSSR count). The highest BCUT2D eigenvalue weighted by atomic mass is 16.6. The number of aliphatic hydroxyl groups excluding tert-OH is 3. The van der Waals surface area contributed by atoms with E-state index in [2.05, 4.69) is 0 Å².